The van der Waals surface area contributed by atoms with E-state index in [0.29, 0.717) is 22.5 Å². The zero-order valence-corrected chi connectivity index (χ0v) is 13.3. The van der Waals surface area contributed by atoms with Gasteiger partial charge in [-0.25, -0.2) is 4.98 Å². The van der Waals surface area contributed by atoms with Gasteiger partial charge in [0.2, 0.25) is 0 Å². The molecule has 0 saturated carbocycles. The molecule has 2 heterocycles. The summed E-state index contributed by atoms with van der Waals surface area (Å²) in [5, 5.41) is 6.34. The van der Waals surface area contributed by atoms with E-state index in [9.17, 15) is 9.59 Å². The molecule has 0 unspecified atom stereocenters. The topological polar surface area (TPSA) is 74.8 Å². The third kappa shape index (κ3) is 2.53. The smallest absolute Gasteiger partial charge is 0.275 e. The molecule has 3 aromatic rings. The fourth-order valence-electron chi connectivity index (χ4n) is 2.30. The molecular weight excluding hydrogens is 298 g/mol. The van der Waals surface area contributed by atoms with Gasteiger partial charge in [-0.05, 0) is 38.5 Å². The number of nitrogens with zero attached hydrogens (tertiary/aromatic N) is 1. The Bertz CT molecular complexity index is 940. The van der Waals surface area contributed by atoms with Crippen molar-refractivity contribution in [3.05, 3.63) is 55.8 Å². The van der Waals surface area contributed by atoms with Crippen LogP contribution in [0.2, 0.25) is 0 Å². The van der Waals surface area contributed by atoms with Gasteiger partial charge in [0.15, 0.2) is 0 Å². The summed E-state index contributed by atoms with van der Waals surface area (Å²) < 4.78 is 0. The van der Waals surface area contributed by atoms with Crippen molar-refractivity contribution in [2.24, 2.45) is 0 Å². The standard InChI is InChI=1S/C16H15N3O2S/c1-8-9(2)15(20)19-13-6-11(4-5-12(8)13)18-16(21)14-7-22-10(3)17-14/h4-7H,1-3H3,(H,18,21)(H,19,20). The lowest BCUT2D eigenvalue weighted by atomic mass is 10.1. The molecule has 22 heavy (non-hydrogen) atoms. The van der Waals surface area contributed by atoms with Gasteiger partial charge in [0, 0.05) is 22.0 Å². The van der Waals surface area contributed by atoms with Crippen LogP contribution in [0.25, 0.3) is 10.9 Å². The predicted octanol–water partition coefficient (Wildman–Crippen LogP) is 3.16. The zero-order valence-electron chi connectivity index (χ0n) is 12.5. The number of pyridine rings is 1. The van der Waals surface area contributed by atoms with E-state index in [-0.39, 0.29) is 11.5 Å². The SMILES string of the molecule is Cc1nc(C(=O)Nc2ccc3c(C)c(C)c(=O)[nH]c3c2)cs1. The van der Waals surface area contributed by atoms with E-state index in [1.165, 1.54) is 11.3 Å². The van der Waals surface area contributed by atoms with Crippen LogP contribution in [0, 0.1) is 20.8 Å². The molecule has 0 aliphatic rings. The number of thiazole rings is 1. The average Bonchev–Trinajstić information content (AvgIpc) is 2.91. The first-order valence-electron chi connectivity index (χ1n) is 6.82. The molecule has 5 nitrogen and oxygen atoms in total. The fourth-order valence-corrected chi connectivity index (χ4v) is 2.90. The van der Waals surface area contributed by atoms with Gasteiger partial charge in [-0.1, -0.05) is 6.07 Å². The first-order valence-corrected chi connectivity index (χ1v) is 7.70. The van der Waals surface area contributed by atoms with Gasteiger partial charge in [0.25, 0.3) is 11.5 Å². The number of H-pyrrole nitrogens is 1. The molecule has 3 rings (SSSR count). The number of hydrogen-bond acceptors (Lipinski definition) is 4. The number of carbonyl (C=O) groups excluding carboxylic acids is 1. The zero-order chi connectivity index (χ0) is 15.9. The number of aromatic nitrogens is 2. The molecule has 0 atom stereocenters. The van der Waals surface area contributed by atoms with Crippen molar-refractivity contribution in [2.75, 3.05) is 5.32 Å². The van der Waals surface area contributed by atoms with Gasteiger partial charge in [0.1, 0.15) is 5.69 Å². The number of benzene rings is 1. The van der Waals surface area contributed by atoms with Crippen LogP contribution in [0.1, 0.15) is 26.6 Å². The van der Waals surface area contributed by atoms with Crippen molar-refractivity contribution in [3.8, 4) is 0 Å². The first kappa shape index (κ1) is 14.5. The van der Waals surface area contributed by atoms with Crippen molar-refractivity contribution < 1.29 is 4.79 Å². The van der Waals surface area contributed by atoms with Crippen molar-refractivity contribution in [2.45, 2.75) is 20.8 Å². The maximum atomic E-state index is 12.1. The molecule has 0 bridgehead atoms. The van der Waals surface area contributed by atoms with Gasteiger partial charge >= 0.3 is 0 Å². The number of anilines is 1. The Morgan fingerprint density at radius 1 is 1.23 bits per heavy atom. The van der Waals surface area contributed by atoms with Crippen LogP contribution in [0.4, 0.5) is 5.69 Å². The highest BCUT2D eigenvalue weighted by Crippen LogP contribution is 2.21. The molecular formula is C16H15N3O2S. The summed E-state index contributed by atoms with van der Waals surface area (Å²) in [7, 11) is 0. The Labute approximate surface area is 131 Å². The molecule has 0 fully saturated rings. The van der Waals surface area contributed by atoms with E-state index >= 15 is 0 Å². The number of nitrogens with one attached hydrogen (secondary N) is 2. The Morgan fingerprint density at radius 2 is 2.00 bits per heavy atom. The van der Waals surface area contributed by atoms with E-state index in [1.807, 2.05) is 26.0 Å². The van der Waals surface area contributed by atoms with Crippen LogP contribution in [-0.4, -0.2) is 15.9 Å². The summed E-state index contributed by atoms with van der Waals surface area (Å²) in [5.74, 6) is -0.255. The number of rotatable bonds is 2. The predicted molar refractivity (Wildman–Crippen MR) is 88.8 cm³/mol. The summed E-state index contributed by atoms with van der Waals surface area (Å²) in [6, 6.07) is 5.49. The molecule has 0 aliphatic heterocycles. The Hall–Kier alpha value is -2.47. The number of carbonyl (C=O) groups is 1. The molecule has 0 spiro atoms. The molecule has 0 saturated heterocycles. The van der Waals surface area contributed by atoms with Gasteiger partial charge in [0.05, 0.1) is 10.5 Å². The Morgan fingerprint density at radius 3 is 2.68 bits per heavy atom. The van der Waals surface area contributed by atoms with Crippen LogP contribution in [0.15, 0.2) is 28.4 Å². The van der Waals surface area contributed by atoms with Crippen LogP contribution < -0.4 is 10.9 Å². The van der Waals surface area contributed by atoms with Crippen molar-refractivity contribution >= 4 is 33.8 Å². The van der Waals surface area contributed by atoms with Crippen LogP contribution in [-0.2, 0) is 0 Å². The second-order valence-corrected chi connectivity index (χ2v) is 6.23. The van der Waals surface area contributed by atoms with E-state index < -0.39 is 0 Å². The molecule has 0 aliphatic carbocycles. The van der Waals surface area contributed by atoms with Gasteiger partial charge in [-0.15, -0.1) is 11.3 Å². The third-order valence-electron chi connectivity index (χ3n) is 3.68. The highest BCUT2D eigenvalue weighted by Gasteiger charge is 2.11. The number of aryl methyl sites for hydroxylation is 2. The number of hydrogen-bond donors (Lipinski definition) is 2. The van der Waals surface area contributed by atoms with Crippen LogP contribution >= 0.6 is 11.3 Å². The van der Waals surface area contributed by atoms with Crippen molar-refractivity contribution in [1.82, 2.24) is 9.97 Å². The Balaban J connectivity index is 1.97. The number of aromatic amines is 1. The molecule has 6 heteroatoms. The third-order valence-corrected chi connectivity index (χ3v) is 4.46. The van der Waals surface area contributed by atoms with Crippen molar-refractivity contribution in [1.29, 1.82) is 0 Å². The summed E-state index contributed by atoms with van der Waals surface area (Å²) >= 11 is 1.43. The quantitative estimate of drug-likeness (QED) is 0.763. The number of fused-ring (bicyclic) bond motifs is 1. The largest absolute Gasteiger partial charge is 0.322 e. The minimum absolute atomic E-state index is 0.108. The lowest BCUT2D eigenvalue weighted by Gasteiger charge is -2.08. The minimum atomic E-state index is -0.255. The molecule has 2 aromatic heterocycles. The fraction of sp³-hybridized carbons (Fsp3) is 0.188. The average molecular weight is 313 g/mol. The van der Waals surface area contributed by atoms with Gasteiger partial charge in [-0.2, -0.15) is 0 Å². The molecule has 1 aromatic carbocycles. The normalized spacial score (nSPS) is 10.9. The first-order chi connectivity index (χ1) is 10.5. The van der Waals surface area contributed by atoms with E-state index in [0.717, 1.165) is 16.0 Å². The summed E-state index contributed by atoms with van der Waals surface area (Å²) in [4.78, 5) is 31.0. The minimum Gasteiger partial charge on any atom is -0.322 e. The number of amides is 1. The van der Waals surface area contributed by atoms with E-state index in [1.54, 1.807) is 18.4 Å². The summed E-state index contributed by atoms with van der Waals surface area (Å²) in [5.41, 5.74) is 3.29. The molecule has 0 radical (unpaired) electrons. The Kier molecular flexibility index (Phi) is 3.54. The van der Waals surface area contributed by atoms with Crippen LogP contribution in [0.5, 0.6) is 0 Å². The van der Waals surface area contributed by atoms with Gasteiger partial charge in [-0.3, -0.25) is 9.59 Å². The van der Waals surface area contributed by atoms with E-state index in [2.05, 4.69) is 15.3 Å². The van der Waals surface area contributed by atoms with E-state index in [4.69, 9.17) is 0 Å². The van der Waals surface area contributed by atoms with Crippen LogP contribution in [0.3, 0.4) is 0 Å². The molecule has 2 N–H and O–H groups in total. The van der Waals surface area contributed by atoms with Gasteiger partial charge < -0.3 is 10.3 Å². The molecule has 1 amide bonds. The maximum Gasteiger partial charge on any atom is 0.275 e. The monoisotopic (exact) mass is 313 g/mol. The molecule has 112 valence electrons. The second-order valence-electron chi connectivity index (χ2n) is 5.17. The highest BCUT2D eigenvalue weighted by atomic mass is 32.1. The second kappa shape index (κ2) is 5.38. The van der Waals surface area contributed by atoms with Crippen molar-refractivity contribution in [3.63, 3.8) is 0 Å². The summed E-state index contributed by atoms with van der Waals surface area (Å²) in [6.07, 6.45) is 0. The summed E-state index contributed by atoms with van der Waals surface area (Å²) in [6.45, 7) is 5.57. The highest BCUT2D eigenvalue weighted by molar-refractivity contribution is 7.09. The lowest BCUT2D eigenvalue weighted by Crippen LogP contribution is -2.14. The lowest BCUT2D eigenvalue weighted by molar-refractivity contribution is 0.102. The maximum absolute atomic E-state index is 12.1.